The minimum Gasteiger partial charge on any atom is -0.480 e. The maximum Gasteiger partial charge on any atom is 0.327 e. The highest BCUT2D eigenvalue weighted by atomic mass is 16.4. The van der Waals surface area contributed by atoms with Gasteiger partial charge in [-0.2, -0.15) is 0 Å². The van der Waals surface area contributed by atoms with E-state index in [9.17, 15) is 9.90 Å². The Hall–Kier alpha value is -1.55. The van der Waals surface area contributed by atoms with Gasteiger partial charge in [0.15, 0.2) is 0 Å². The largest absolute Gasteiger partial charge is 0.480 e. The van der Waals surface area contributed by atoms with Gasteiger partial charge >= 0.3 is 5.97 Å². The molecule has 1 heterocycles. The molecule has 4 heteroatoms. The second-order valence-electron chi connectivity index (χ2n) is 5.00. The highest BCUT2D eigenvalue weighted by Gasteiger charge is 2.30. The third kappa shape index (κ3) is 2.34. The number of piperazine rings is 1. The fourth-order valence-corrected chi connectivity index (χ4v) is 2.82. The second kappa shape index (κ2) is 4.98. The lowest BCUT2D eigenvalue weighted by atomic mass is 10.0. The first-order valence-electron chi connectivity index (χ1n) is 6.28. The third-order valence-electron chi connectivity index (χ3n) is 3.45. The van der Waals surface area contributed by atoms with E-state index < -0.39 is 12.0 Å². The standard InChI is InChI=1S/C14H20N2O2/c1-9-6-10(2)13(11(3)7-9)16-5-4-15-8-12(16)14(17)18/h6-7,12,15H,4-5,8H2,1-3H3,(H,17,18). The average molecular weight is 248 g/mol. The molecule has 1 aliphatic rings. The predicted molar refractivity (Wildman–Crippen MR) is 72.3 cm³/mol. The summed E-state index contributed by atoms with van der Waals surface area (Å²) in [6, 6.07) is 3.76. The fraction of sp³-hybridized carbons (Fsp3) is 0.500. The number of aryl methyl sites for hydroxylation is 3. The Balaban J connectivity index is 2.43. The number of carboxylic acids is 1. The average Bonchev–Trinajstić information content (AvgIpc) is 2.28. The predicted octanol–water partition coefficient (Wildman–Crippen LogP) is 1.47. The van der Waals surface area contributed by atoms with Crippen molar-refractivity contribution < 1.29 is 9.90 Å². The zero-order valence-corrected chi connectivity index (χ0v) is 11.2. The SMILES string of the molecule is Cc1cc(C)c(N2CCNCC2C(=O)O)c(C)c1. The van der Waals surface area contributed by atoms with E-state index in [4.69, 9.17) is 0 Å². The number of hydrogen-bond acceptors (Lipinski definition) is 3. The van der Waals surface area contributed by atoms with Crippen molar-refractivity contribution in [1.29, 1.82) is 0 Å². The van der Waals surface area contributed by atoms with Crippen LogP contribution < -0.4 is 10.2 Å². The summed E-state index contributed by atoms with van der Waals surface area (Å²) >= 11 is 0. The zero-order chi connectivity index (χ0) is 13.3. The van der Waals surface area contributed by atoms with Crippen molar-refractivity contribution >= 4 is 11.7 Å². The molecule has 0 radical (unpaired) electrons. The minimum absolute atomic E-state index is 0.473. The van der Waals surface area contributed by atoms with Gasteiger partial charge in [0.1, 0.15) is 6.04 Å². The van der Waals surface area contributed by atoms with Crippen LogP contribution in [0.1, 0.15) is 16.7 Å². The Kier molecular flexibility index (Phi) is 3.57. The molecular formula is C14H20N2O2. The van der Waals surface area contributed by atoms with Crippen molar-refractivity contribution in [3.05, 3.63) is 28.8 Å². The van der Waals surface area contributed by atoms with E-state index in [1.807, 2.05) is 4.90 Å². The van der Waals surface area contributed by atoms with Crippen molar-refractivity contribution in [1.82, 2.24) is 5.32 Å². The van der Waals surface area contributed by atoms with Crippen molar-refractivity contribution in [2.75, 3.05) is 24.5 Å². The summed E-state index contributed by atoms with van der Waals surface area (Å²) in [5, 5.41) is 12.5. The monoisotopic (exact) mass is 248 g/mol. The number of rotatable bonds is 2. The summed E-state index contributed by atoms with van der Waals surface area (Å²) in [6.45, 7) is 8.24. The molecule has 1 aromatic carbocycles. The molecule has 1 saturated heterocycles. The van der Waals surface area contributed by atoms with Gasteiger partial charge in [0.2, 0.25) is 0 Å². The maximum absolute atomic E-state index is 11.3. The van der Waals surface area contributed by atoms with Crippen molar-refractivity contribution in [2.45, 2.75) is 26.8 Å². The summed E-state index contributed by atoms with van der Waals surface area (Å²) in [7, 11) is 0. The van der Waals surface area contributed by atoms with Crippen LogP contribution in [-0.4, -0.2) is 36.8 Å². The highest BCUT2D eigenvalue weighted by Crippen LogP contribution is 2.28. The molecule has 0 spiro atoms. The van der Waals surface area contributed by atoms with E-state index in [-0.39, 0.29) is 0 Å². The van der Waals surface area contributed by atoms with E-state index in [0.717, 1.165) is 29.9 Å². The molecule has 0 aliphatic carbocycles. The van der Waals surface area contributed by atoms with Crippen LogP contribution >= 0.6 is 0 Å². The van der Waals surface area contributed by atoms with Gasteiger partial charge in [-0.15, -0.1) is 0 Å². The summed E-state index contributed by atoms with van der Waals surface area (Å²) in [5.41, 5.74) is 4.60. The van der Waals surface area contributed by atoms with Gasteiger partial charge in [-0.05, 0) is 31.9 Å². The number of benzene rings is 1. The number of hydrogen-bond donors (Lipinski definition) is 2. The molecule has 98 valence electrons. The Bertz CT molecular complexity index is 448. The second-order valence-corrected chi connectivity index (χ2v) is 5.00. The van der Waals surface area contributed by atoms with Crippen LogP contribution in [0.25, 0.3) is 0 Å². The normalized spacial score (nSPS) is 19.9. The zero-order valence-electron chi connectivity index (χ0n) is 11.2. The van der Waals surface area contributed by atoms with Gasteiger partial charge in [0, 0.05) is 25.3 Å². The lowest BCUT2D eigenvalue weighted by molar-refractivity contribution is -0.138. The first-order valence-corrected chi connectivity index (χ1v) is 6.28. The quantitative estimate of drug-likeness (QED) is 0.832. The molecule has 1 unspecified atom stereocenters. The highest BCUT2D eigenvalue weighted by molar-refractivity contribution is 5.80. The molecule has 0 saturated carbocycles. The van der Waals surface area contributed by atoms with Crippen LogP contribution in [0, 0.1) is 20.8 Å². The van der Waals surface area contributed by atoms with E-state index in [1.165, 1.54) is 5.56 Å². The van der Waals surface area contributed by atoms with Crippen molar-refractivity contribution in [3.8, 4) is 0 Å². The number of carbonyl (C=O) groups is 1. The van der Waals surface area contributed by atoms with Gasteiger partial charge in [0.25, 0.3) is 0 Å². The van der Waals surface area contributed by atoms with E-state index in [1.54, 1.807) is 0 Å². The van der Waals surface area contributed by atoms with Crippen LogP contribution in [-0.2, 0) is 4.79 Å². The van der Waals surface area contributed by atoms with E-state index in [2.05, 4.69) is 38.2 Å². The van der Waals surface area contributed by atoms with Crippen LogP contribution in [0.2, 0.25) is 0 Å². The molecule has 1 atom stereocenters. The van der Waals surface area contributed by atoms with Gasteiger partial charge in [-0.1, -0.05) is 17.7 Å². The molecule has 2 N–H and O–H groups in total. The topological polar surface area (TPSA) is 52.6 Å². The molecule has 18 heavy (non-hydrogen) atoms. The van der Waals surface area contributed by atoms with E-state index >= 15 is 0 Å². The molecule has 1 aromatic rings. The number of carboxylic acid groups (broad SMARTS) is 1. The molecule has 1 aliphatic heterocycles. The Labute approximate surface area is 108 Å². The van der Waals surface area contributed by atoms with Crippen molar-refractivity contribution in [3.63, 3.8) is 0 Å². The summed E-state index contributed by atoms with van der Waals surface area (Å²) < 4.78 is 0. The lowest BCUT2D eigenvalue weighted by Gasteiger charge is -2.37. The Morgan fingerprint density at radius 1 is 1.33 bits per heavy atom. The first-order chi connectivity index (χ1) is 8.50. The minimum atomic E-state index is -0.762. The lowest BCUT2D eigenvalue weighted by Crippen LogP contribution is -2.55. The third-order valence-corrected chi connectivity index (χ3v) is 3.45. The molecular weight excluding hydrogens is 228 g/mol. The van der Waals surface area contributed by atoms with Crippen LogP contribution in [0.3, 0.4) is 0 Å². The van der Waals surface area contributed by atoms with Crippen molar-refractivity contribution in [2.24, 2.45) is 0 Å². The molecule has 1 fully saturated rings. The summed E-state index contributed by atoms with van der Waals surface area (Å²) in [6.07, 6.45) is 0. The van der Waals surface area contributed by atoms with Gasteiger partial charge in [0.05, 0.1) is 0 Å². The first kappa shape index (κ1) is 12.9. The number of nitrogens with one attached hydrogen (secondary N) is 1. The van der Waals surface area contributed by atoms with Crippen LogP contribution in [0.4, 0.5) is 5.69 Å². The van der Waals surface area contributed by atoms with Crippen LogP contribution in [0.5, 0.6) is 0 Å². The van der Waals surface area contributed by atoms with Crippen LogP contribution in [0.15, 0.2) is 12.1 Å². The maximum atomic E-state index is 11.3. The fourth-order valence-electron chi connectivity index (χ4n) is 2.82. The molecule has 4 nitrogen and oxygen atoms in total. The van der Waals surface area contributed by atoms with Gasteiger partial charge in [-0.3, -0.25) is 0 Å². The summed E-state index contributed by atoms with van der Waals surface area (Å²) in [5.74, 6) is -0.762. The molecule has 0 amide bonds. The smallest absolute Gasteiger partial charge is 0.327 e. The van der Waals surface area contributed by atoms with Gasteiger partial charge in [-0.25, -0.2) is 4.79 Å². The van der Waals surface area contributed by atoms with E-state index in [0.29, 0.717) is 6.54 Å². The summed E-state index contributed by atoms with van der Waals surface area (Å²) in [4.78, 5) is 13.4. The number of anilines is 1. The number of nitrogens with zero attached hydrogens (tertiary/aromatic N) is 1. The Morgan fingerprint density at radius 2 is 1.94 bits per heavy atom. The molecule has 0 aromatic heterocycles. The molecule has 2 rings (SSSR count). The molecule has 0 bridgehead atoms. The Morgan fingerprint density at radius 3 is 2.50 bits per heavy atom. The number of aliphatic carboxylic acids is 1. The van der Waals surface area contributed by atoms with Gasteiger partial charge < -0.3 is 15.3 Å².